The fourth-order valence-corrected chi connectivity index (χ4v) is 10.0. The summed E-state index contributed by atoms with van der Waals surface area (Å²) in [5.41, 5.74) is 17.7. The number of aryl methyl sites for hydroxylation is 2. The number of rotatable bonds is 14. The maximum atomic E-state index is 2.46. The minimum absolute atomic E-state index is 1.12. The van der Waals surface area contributed by atoms with Gasteiger partial charge in [0.25, 0.3) is 0 Å². The minimum Gasteiger partial charge on any atom is -0.0654 e. The van der Waals surface area contributed by atoms with Crippen molar-refractivity contribution in [3.8, 4) is 66.8 Å². The van der Waals surface area contributed by atoms with Crippen molar-refractivity contribution >= 4 is 32.3 Å². The van der Waals surface area contributed by atoms with E-state index in [2.05, 4.69) is 220 Å². The number of unbranched alkanes of at least 4 members (excludes halogenated alkanes) is 4. The molecule has 0 nitrogen and oxygen atoms in total. The van der Waals surface area contributed by atoms with Gasteiger partial charge in [0.2, 0.25) is 0 Å². The average molecular weight is 825 g/mol. The van der Waals surface area contributed by atoms with Gasteiger partial charge >= 0.3 is 0 Å². The topological polar surface area (TPSA) is 0 Å². The number of fused-ring (bicyclic) bond motifs is 3. The van der Waals surface area contributed by atoms with Crippen LogP contribution in [0.25, 0.3) is 99.1 Å². The molecule has 0 N–H and O–H groups in total. The standard InChI is InChI=1S/C64H56/c1-3-5-8-18-45-28-32-51(33-29-45)63-57-26-16-13-21-48(57)37-40-60(63)54-42-53(59-39-36-47-20-12-15-25-56(47)62(59)50-23-10-7-11-24-50)43-55(44-54)61-41-38-49-22-14-17-27-58(49)64(61)52-34-30-46(31-35-52)19-9-6-4-2/h7,10-17,20-44H,3-6,8-9,18-19H2,1-2H3. The molecular weight excluding hydrogens is 769 g/mol. The summed E-state index contributed by atoms with van der Waals surface area (Å²) >= 11 is 0. The summed E-state index contributed by atoms with van der Waals surface area (Å²) < 4.78 is 0. The smallest absolute Gasteiger partial charge is 0.00268 e. The third-order valence-corrected chi connectivity index (χ3v) is 13.3. The van der Waals surface area contributed by atoms with Gasteiger partial charge in [0.1, 0.15) is 0 Å². The van der Waals surface area contributed by atoms with Crippen molar-refractivity contribution in [1.82, 2.24) is 0 Å². The lowest BCUT2D eigenvalue weighted by molar-refractivity contribution is 0.717. The summed E-state index contributed by atoms with van der Waals surface area (Å²) in [6, 6.07) is 77.9. The number of hydrogen-bond acceptors (Lipinski definition) is 0. The molecule has 0 heterocycles. The maximum absolute atomic E-state index is 2.46. The molecule has 0 radical (unpaired) electrons. The fraction of sp³-hybridized carbons (Fsp3) is 0.156. The molecule has 0 unspecified atom stereocenters. The van der Waals surface area contributed by atoms with Gasteiger partial charge in [-0.1, -0.05) is 228 Å². The van der Waals surface area contributed by atoms with E-state index >= 15 is 0 Å². The van der Waals surface area contributed by atoms with Crippen molar-refractivity contribution in [3.63, 3.8) is 0 Å². The molecule has 0 aromatic heterocycles. The third kappa shape index (κ3) is 8.29. The predicted molar refractivity (Wildman–Crippen MR) is 278 cm³/mol. The highest BCUT2D eigenvalue weighted by Gasteiger charge is 2.20. The van der Waals surface area contributed by atoms with Gasteiger partial charge in [-0.15, -0.1) is 0 Å². The molecule has 0 fully saturated rings. The molecule has 10 aromatic rings. The highest BCUT2D eigenvalue weighted by Crippen LogP contribution is 2.46. The summed E-state index contributed by atoms with van der Waals surface area (Å²) in [5.74, 6) is 0. The first-order valence-corrected chi connectivity index (χ1v) is 23.6. The lowest BCUT2D eigenvalue weighted by Crippen LogP contribution is -1.94. The van der Waals surface area contributed by atoms with Crippen LogP contribution in [0.4, 0.5) is 0 Å². The Kier molecular flexibility index (Phi) is 12.0. The van der Waals surface area contributed by atoms with Gasteiger partial charge in [-0.2, -0.15) is 0 Å². The fourth-order valence-electron chi connectivity index (χ4n) is 10.0. The lowest BCUT2D eigenvalue weighted by atomic mass is 9.83. The van der Waals surface area contributed by atoms with E-state index in [1.807, 2.05) is 0 Å². The van der Waals surface area contributed by atoms with Crippen LogP contribution in [0.5, 0.6) is 0 Å². The third-order valence-electron chi connectivity index (χ3n) is 13.3. The molecule has 0 aliphatic rings. The summed E-state index contributed by atoms with van der Waals surface area (Å²) in [6.45, 7) is 4.56. The van der Waals surface area contributed by atoms with Gasteiger partial charge in [0.05, 0.1) is 0 Å². The van der Waals surface area contributed by atoms with Crippen LogP contribution in [0.15, 0.2) is 206 Å². The van der Waals surface area contributed by atoms with Crippen LogP contribution in [-0.2, 0) is 12.8 Å². The van der Waals surface area contributed by atoms with Gasteiger partial charge < -0.3 is 0 Å². The van der Waals surface area contributed by atoms with Crippen LogP contribution in [-0.4, -0.2) is 0 Å². The maximum Gasteiger partial charge on any atom is -0.00268 e. The van der Waals surface area contributed by atoms with E-state index in [9.17, 15) is 0 Å². The van der Waals surface area contributed by atoms with Gasteiger partial charge in [0.15, 0.2) is 0 Å². The molecule has 0 saturated carbocycles. The Hall–Kier alpha value is -7.02. The van der Waals surface area contributed by atoms with E-state index in [1.165, 1.54) is 149 Å². The molecule has 0 heteroatoms. The molecule has 10 aromatic carbocycles. The molecular formula is C64H56. The van der Waals surface area contributed by atoms with Gasteiger partial charge in [-0.25, -0.2) is 0 Å². The SMILES string of the molecule is CCCCCc1ccc(-c2c(-c3cc(-c4ccc5ccccc5c4-c4ccccc4)cc(-c4ccc5ccccc5c4-c4ccc(CCCCC)cc4)c3)ccc3ccccc23)cc1. The van der Waals surface area contributed by atoms with E-state index < -0.39 is 0 Å². The number of hydrogen-bond donors (Lipinski definition) is 0. The van der Waals surface area contributed by atoms with E-state index in [-0.39, 0.29) is 0 Å². The highest BCUT2D eigenvalue weighted by atomic mass is 14.2. The minimum atomic E-state index is 1.12. The molecule has 0 aliphatic heterocycles. The molecule has 0 saturated heterocycles. The van der Waals surface area contributed by atoms with Crippen molar-refractivity contribution in [2.24, 2.45) is 0 Å². The van der Waals surface area contributed by atoms with Crippen molar-refractivity contribution in [1.29, 1.82) is 0 Å². The second kappa shape index (κ2) is 18.8. The van der Waals surface area contributed by atoms with Crippen LogP contribution in [0.2, 0.25) is 0 Å². The van der Waals surface area contributed by atoms with Crippen molar-refractivity contribution in [3.05, 3.63) is 217 Å². The monoisotopic (exact) mass is 824 g/mol. The Labute approximate surface area is 379 Å². The Morgan fingerprint density at radius 2 is 0.594 bits per heavy atom. The number of benzene rings is 10. The van der Waals surface area contributed by atoms with Crippen LogP contribution < -0.4 is 0 Å². The van der Waals surface area contributed by atoms with Crippen molar-refractivity contribution < 1.29 is 0 Å². The van der Waals surface area contributed by atoms with Crippen molar-refractivity contribution in [2.75, 3.05) is 0 Å². The summed E-state index contributed by atoms with van der Waals surface area (Å²) in [5, 5.41) is 7.54. The Bertz CT molecular complexity index is 3050. The second-order valence-electron chi connectivity index (χ2n) is 17.6. The van der Waals surface area contributed by atoms with Crippen molar-refractivity contribution in [2.45, 2.75) is 65.2 Å². The molecule has 0 amide bonds. The molecule has 0 bridgehead atoms. The zero-order chi connectivity index (χ0) is 43.2. The van der Waals surface area contributed by atoms with Crippen LogP contribution in [0, 0.1) is 0 Å². The van der Waals surface area contributed by atoms with Gasteiger partial charge in [0, 0.05) is 0 Å². The molecule has 0 atom stereocenters. The molecule has 64 heavy (non-hydrogen) atoms. The largest absolute Gasteiger partial charge is 0.0654 e. The zero-order valence-electron chi connectivity index (χ0n) is 37.3. The van der Waals surface area contributed by atoms with E-state index in [1.54, 1.807) is 0 Å². The van der Waals surface area contributed by atoms with Crippen LogP contribution >= 0.6 is 0 Å². The normalized spacial score (nSPS) is 11.5. The molecule has 0 spiro atoms. The predicted octanol–water partition coefficient (Wildman–Crippen LogP) is 18.6. The first-order chi connectivity index (χ1) is 31.7. The lowest BCUT2D eigenvalue weighted by Gasteiger charge is -2.20. The summed E-state index contributed by atoms with van der Waals surface area (Å²) in [7, 11) is 0. The summed E-state index contributed by atoms with van der Waals surface area (Å²) in [6.07, 6.45) is 9.68. The Balaban J connectivity index is 1.24. The zero-order valence-corrected chi connectivity index (χ0v) is 37.3. The van der Waals surface area contributed by atoms with E-state index in [4.69, 9.17) is 0 Å². The highest BCUT2D eigenvalue weighted by molar-refractivity contribution is 6.09. The van der Waals surface area contributed by atoms with E-state index in [0.717, 1.165) is 12.8 Å². The van der Waals surface area contributed by atoms with Crippen LogP contribution in [0.3, 0.4) is 0 Å². The quantitative estimate of drug-likeness (QED) is 0.0959. The Morgan fingerprint density at radius 3 is 0.953 bits per heavy atom. The molecule has 312 valence electrons. The van der Waals surface area contributed by atoms with Crippen LogP contribution in [0.1, 0.15) is 63.5 Å². The molecule has 10 rings (SSSR count). The first kappa shape index (κ1) is 41.0. The Morgan fingerprint density at radius 1 is 0.266 bits per heavy atom. The van der Waals surface area contributed by atoms with E-state index in [0.29, 0.717) is 0 Å². The summed E-state index contributed by atoms with van der Waals surface area (Å²) in [4.78, 5) is 0. The van der Waals surface area contributed by atoms with Gasteiger partial charge in [-0.05, 0) is 154 Å². The van der Waals surface area contributed by atoms with Gasteiger partial charge in [-0.3, -0.25) is 0 Å². The average Bonchev–Trinajstić information content (AvgIpc) is 3.36. The first-order valence-electron chi connectivity index (χ1n) is 23.6. The second-order valence-corrected chi connectivity index (χ2v) is 17.6. The molecule has 0 aliphatic carbocycles.